The first-order valence-electron chi connectivity index (χ1n) is 6.90. The van der Waals surface area contributed by atoms with E-state index in [-0.39, 0.29) is 0 Å². The molecular weight excluding hydrogens is 226 g/mol. The van der Waals surface area contributed by atoms with Gasteiger partial charge < -0.3 is 10.3 Å². The summed E-state index contributed by atoms with van der Waals surface area (Å²) < 4.78 is 0. The number of hydrogen-bond acceptors (Lipinski definition) is 5. The van der Waals surface area contributed by atoms with Crippen LogP contribution in [0, 0.1) is 5.92 Å². The van der Waals surface area contributed by atoms with Gasteiger partial charge in [-0.2, -0.15) is 0 Å². The van der Waals surface area contributed by atoms with Crippen LogP contribution >= 0.6 is 0 Å². The summed E-state index contributed by atoms with van der Waals surface area (Å²) in [7, 11) is 0. The molecule has 2 unspecified atom stereocenters. The number of hydrazine groups is 1. The first kappa shape index (κ1) is 11.7. The molecule has 5 heteroatoms. The van der Waals surface area contributed by atoms with Gasteiger partial charge in [-0.25, -0.2) is 15.8 Å². The lowest BCUT2D eigenvalue weighted by atomic mass is 10.1. The third kappa shape index (κ3) is 1.82. The van der Waals surface area contributed by atoms with Crippen LogP contribution in [0.25, 0.3) is 0 Å². The Morgan fingerprint density at radius 1 is 1.44 bits per heavy atom. The number of hydrogen-bond donors (Lipinski definition) is 2. The second-order valence-electron chi connectivity index (χ2n) is 5.40. The van der Waals surface area contributed by atoms with E-state index in [1.807, 2.05) is 0 Å². The third-order valence-electron chi connectivity index (χ3n) is 4.24. The molecule has 1 aromatic heterocycles. The zero-order valence-corrected chi connectivity index (χ0v) is 10.9. The molecule has 1 aromatic rings. The summed E-state index contributed by atoms with van der Waals surface area (Å²) in [6.07, 6.45) is 7.71. The highest BCUT2D eigenvalue weighted by Crippen LogP contribution is 2.41. The molecule has 0 radical (unpaired) electrons. The Hall–Kier alpha value is -1.36. The van der Waals surface area contributed by atoms with E-state index >= 15 is 0 Å². The smallest absolute Gasteiger partial charge is 0.148 e. The number of nitrogens with one attached hydrogen (secondary N) is 1. The van der Waals surface area contributed by atoms with Crippen molar-refractivity contribution in [2.24, 2.45) is 11.8 Å². The van der Waals surface area contributed by atoms with Gasteiger partial charge in [0.2, 0.25) is 0 Å². The van der Waals surface area contributed by atoms with Gasteiger partial charge in [-0.1, -0.05) is 13.3 Å². The van der Waals surface area contributed by atoms with Gasteiger partial charge >= 0.3 is 0 Å². The maximum atomic E-state index is 5.57. The molecule has 0 aromatic carbocycles. The van der Waals surface area contributed by atoms with Gasteiger partial charge in [-0.3, -0.25) is 0 Å². The molecule has 2 aliphatic rings. The Kier molecular flexibility index (Phi) is 3.07. The summed E-state index contributed by atoms with van der Waals surface area (Å²) in [6.45, 7) is 3.33. The predicted octanol–water partition coefficient (Wildman–Crippen LogP) is 1.70. The van der Waals surface area contributed by atoms with Gasteiger partial charge in [0.05, 0.1) is 0 Å². The average molecular weight is 247 g/mol. The van der Waals surface area contributed by atoms with Crippen molar-refractivity contribution in [3.8, 4) is 0 Å². The molecule has 5 nitrogen and oxygen atoms in total. The summed E-state index contributed by atoms with van der Waals surface area (Å²) >= 11 is 0. The van der Waals surface area contributed by atoms with Crippen LogP contribution in [0.1, 0.15) is 38.2 Å². The van der Waals surface area contributed by atoms with Gasteiger partial charge in [0.15, 0.2) is 0 Å². The molecule has 98 valence electrons. The summed E-state index contributed by atoms with van der Waals surface area (Å²) in [6, 6.07) is 0.686. The Labute approximate surface area is 108 Å². The molecule has 2 heterocycles. The van der Waals surface area contributed by atoms with Crippen LogP contribution in [0.2, 0.25) is 0 Å². The Bertz CT molecular complexity index is 433. The molecule has 1 aliphatic carbocycles. The maximum Gasteiger partial charge on any atom is 0.148 e. The second-order valence-corrected chi connectivity index (χ2v) is 5.40. The van der Waals surface area contributed by atoms with Crippen LogP contribution < -0.4 is 16.2 Å². The van der Waals surface area contributed by atoms with E-state index in [2.05, 4.69) is 27.2 Å². The highest BCUT2D eigenvalue weighted by atomic mass is 15.3. The molecule has 0 spiro atoms. The number of rotatable bonds is 4. The fourth-order valence-electron chi connectivity index (χ4n) is 3.44. The molecular formula is C13H21N5. The van der Waals surface area contributed by atoms with Crippen LogP contribution in [0.4, 0.5) is 11.6 Å². The van der Waals surface area contributed by atoms with Crippen LogP contribution in [0.3, 0.4) is 0 Å². The highest BCUT2D eigenvalue weighted by molar-refractivity contribution is 5.59. The fraction of sp³-hybridized carbons (Fsp3) is 0.692. The van der Waals surface area contributed by atoms with E-state index in [0.717, 1.165) is 36.9 Å². The lowest BCUT2D eigenvalue weighted by Gasteiger charge is -2.30. The fourth-order valence-corrected chi connectivity index (χ4v) is 3.44. The van der Waals surface area contributed by atoms with Gasteiger partial charge in [-0.15, -0.1) is 0 Å². The van der Waals surface area contributed by atoms with Crippen molar-refractivity contribution >= 4 is 11.6 Å². The van der Waals surface area contributed by atoms with Crippen LogP contribution in [-0.4, -0.2) is 22.6 Å². The zero-order chi connectivity index (χ0) is 12.5. The standard InChI is InChI=1S/C13H21N5/c1-2-3-11-12(17-14)15-8-16-13(11)18-7-9-4-5-10(18)6-9/h8-10H,2-7,14H2,1H3,(H,15,16,17). The number of aromatic nitrogens is 2. The number of nitrogen functional groups attached to an aromatic ring is 1. The van der Waals surface area contributed by atoms with E-state index in [4.69, 9.17) is 5.84 Å². The van der Waals surface area contributed by atoms with E-state index in [9.17, 15) is 0 Å². The molecule has 1 saturated heterocycles. The lowest BCUT2D eigenvalue weighted by Crippen LogP contribution is -2.33. The first-order valence-corrected chi connectivity index (χ1v) is 6.90. The Balaban J connectivity index is 1.95. The minimum atomic E-state index is 0.686. The first-order chi connectivity index (χ1) is 8.83. The van der Waals surface area contributed by atoms with Crippen molar-refractivity contribution in [1.82, 2.24) is 9.97 Å². The molecule has 2 fully saturated rings. The van der Waals surface area contributed by atoms with E-state index < -0.39 is 0 Å². The molecule has 1 aliphatic heterocycles. The van der Waals surface area contributed by atoms with Crippen molar-refractivity contribution in [2.75, 3.05) is 16.9 Å². The van der Waals surface area contributed by atoms with Gasteiger partial charge in [0.1, 0.15) is 18.0 Å². The topological polar surface area (TPSA) is 67.1 Å². The Morgan fingerprint density at radius 3 is 2.94 bits per heavy atom. The number of fused-ring (bicyclic) bond motifs is 2. The molecule has 2 bridgehead atoms. The van der Waals surface area contributed by atoms with Crippen molar-refractivity contribution in [1.29, 1.82) is 0 Å². The zero-order valence-electron chi connectivity index (χ0n) is 10.9. The third-order valence-corrected chi connectivity index (χ3v) is 4.24. The largest absolute Gasteiger partial charge is 0.353 e. The predicted molar refractivity (Wildman–Crippen MR) is 72.3 cm³/mol. The summed E-state index contributed by atoms with van der Waals surface area (Å²) in [4.78, 5) is 11.2. The number of anilines is 2. The number of nitrogens with zero attached hydrogens (tertiary/aromatic N) is 3. The van der Waals surface area contributed by atoms with E-state index in [1.54, 1.807) is 6.33 Å². The average Bonchev–Trinajstić information content (AvgIpc) is 3.01. The lowest BCUT2D eigenvalue weighted by molar-refractivity contribution is 0.548. The van der Waals surface area contributed by atoms with E-state index in [1.165, 1.54) is 24.8 Å². The van der Waals surface area contributed by atoms with Crippen molar-refractivity contribution in [2.45, 2.75) is 45.1 Å². The van der Waals surface area contributed by atoms with E-state index in [0.29, 0.717) is 6.04 Å². The minimum Gasteiger partial charge on any atom is -0.353 e. The van der Waals surface area contributed by atoms with Crippen molar-refractivity contribution < 1.29 is 0 Å². The maximum absolute atomic E-state index is 5.57. The molecule has 3 rings (SSSR count). The molecule has 0 amide bonds. The SMILES string of the molecule is CCCc1c(NN)ncnc1N1CC2CCC1C2. The monoisotopic (exact) mass is 247 g/mol. The minimum absolute atomic E-state index is 0.686. The summed E-state index contributed by atoms with van der Waals surface area (Å²) in [5, 5.41) is 0. The molecule has 18 heavy (non-hydrogen) atoms. The van der Waals surface area contributed by atoms with Crippen LogP contribution in [0.15, 0.2) is 6.33 Å². The quantitative estimate of drug-likeness (QED) is 0.626. The number of piperidine rings is 1. The van der Waals surface area contributed by atoms with Gasteiger partial charge in [0, 0.05) is 18.2 Å². The van der Waals surface area contributed by atoms with Gasteiger partial charge in [-0.05, 0) is 31.6 Å². The Morgan fingerprint density at radius 2 is 2.33 bits per heavy atom. The van der Waals surface area contributed by atoms with Crippen molar-refractivity contribution in [3.05, 3.63) is 11.9 Å². The second kappa shape index (κ2) is 4.72. The van der Waals surface area contributed by atoms with Crippen molar-refractivity contribution in [3.63, 3.8) is 0 Å². The molecule has 3 N–H and O–H groups in total. The summed E-state index contributed by atoms with van der Waals surface area (Å²) in [5.41, 5.74) is 3.89. The van der Waals surface area contributed by atoms with Crippen LogP contribution in [0.5, 0.6) is 0 Å². The molecule has 2 atom stereocenters. The molecule has 1 saturated carbocycles. The summed E-state index contributed by atoms with van der Waals surface area (Å²) in [5.74, 6) is 8.32. The normalized spacial score (nSPS) is 25.8. The van der Waals surface area contributed by atoms with Crippen LogP contribution in [-0.2, 0) is 6.42 Å². The number of nitrogens with two attached hydrogens (primary N) is 1. The highest BCUT2D eigenvalue weighted by Gasteiger charge is 2.39. The van der Waals surface area contributed by atoms with Gasteiger partial charge in [0.25, 0.3) is 0 Å².